The van der Waals surface area contributed by atoms with Crippen LogP contribution < -0.4 is 5.32 Å². The third-order valence-electron chi connectivity index (χ3n) is 1.60. The molecule has 0 saturated heterocycles. The maximum absolute atomic E-state index is 3.17. The van der Waals surface area contributed by atoms with Crippen molar-refractivity contribution in [2.75, 3.05) is 13.6 Å². The second-order valence-corrected chi connectivity index (χ2v) is 9.74. The van der Waals surface area contributed by atoms with Gasteiger partial charge in [-0.1, -0.05) is 32.1 Å². The van der Waals surface area contributed by atoms with Crippen LogP contribution in [0.5, 0.6) is 0 Å². The molecule has 11 heavy (non-hydrogen) atoms. The standard InChI is InChI=1S/C8H21NSi.ClH/c1-9-7-5-6-8-10(2,3)4;/h9H,5-8H2,1-4H3;1H. The van der Waals surface area contributed by atoms with E-state index in [1.165, 1.54) is 25.4 Å². The lowest BCUT2D eigenvalue weighted by atomic mass is 10.3. The van der Waals surface area contributed by atoms with E-state index >= 15 is 0 Å². The average Bonchev–Trinajstić information content (AvgIpc) is 1.78. The monoisotopic (exact) mass is 195 g/mol. The maximum atomic E-state index is 3.17. The minimum absolute atomic E-state index is 0. The molecule has 0 unspecified atom stereocenters. The van der Waals surface area contributed by atoms with E-state index in [1.54, 1.807) is 0 Å². The van der Waals surface area contributed by atoms with Crippen molar-refractivity contribution >= 4 is 20.5 Å². The Morgan fingerprint density at radius 1 is 1.09 bits per heavy atom. The van der Waals surface area contributed by atoms with Crippen LogP contribution in [0.15, 0.2) is 0 Å². The van der Waals surface area contributed by atoms with Crippen LogP contribution in [0.2, 0.25) is 25.7 Å². The van der Waals surface area contributed by atoms with Gasteiger partial charge in [0.15, 0.2) is 0 Å². The van der Waals surface area contributed by atoms with E-state index in [-0.39, 0.29) is 12.4 Å². The first-order chi connectivity index (χ1) is 4.56. The van der Waals surface area contributed by atoms with Crippen molar-refractivity contribution in [3.8, 4) is 0 Å². The van der Waals surface area contributed by atoms with Crippen molar-refractivity contribution < 1.29 is 0 Å². The zero-order valence-electron chi connectivity index (χ0n) is 8.24. The van der Waals surface area contributed by atoms with Crippen LogP contribution >= 0.6 is 12.4 Å². The molecule has 0 atom stereocenters. The quantitative estimate of drug-likeness (QED) is 0.526. The molecule has 0 aliphatic carbocycles. The molecule has 0 aromatic rings. The summed E-state index contributed by atoms with van der Waals surface area (Å²) in [6.45, 7) is 8.50. The number of halogens is 1. The second-order valence-electron chi connectivity index (χ2n) is 4.12. The first-order valence-electron chi connectivity index (χ1n) is 4.21. The Hall–Kier alpha value is 0.467. The molecular formula is C8H22ClNSi. The van der Waals surface area contributed by atoms with E-state index in [9.17, 15) is 0 Å². The van der Waals surface area contributed by atoms with Gasteiger partial charge in [0.05, 0.1) is 0 Å². The van der Waals surface area contributed by atoms with Gasteiger partial charge in [-0.3, -0.25) is 0 Å². The first-order valence-corrected chi connectivity index (χ1v) is 7.91. The van der Waals surface area contributed by atoms with Crippen molar-refractivity contribution in [3.63, 3.8) is 0 Å². The fourth-order valence-electron chi connectivity index (χ4n) is 0.957. The normalized spacial score (nSPS) is 10.9. The topological polar surface area (TPSA) is 12.0 Å². The summed E-state index contributed by atoms with van der Waals surface area (Å²) in [5, 5.41) is 3.17. The first kappa shape index (κ1) is 14.0. The summed E-state index contributed by atoms with van der Waals surface area (Å²) in [4.78, 5) is 0. The van der Waals surface area contributed by atoms with Crippen LogP contribution in [0.25, 0.3) is 0 Å². The van der Waals surface area contributed by atoms with Crippen LogP contribution in [-0.4, -0.2) is 21.7 Å². The van der Waals surface area contributed by atoms with E-state index in [0.29, 0.717) is 0 Å². The SMILES string of the molecule is CNCCCC[Si](C)(C)C.Cl. The van der Waals surface area contributed by atoms with Gasteiger partial charge in [0.2, 0.25) is 0 Å². The molecule has 1 nitrogen and oxygen atoms in total. The molecule has 0 rings (SSSR count). The third kappa shape index (κ3) is 13.5. The predicted octanol–water partition coefficient (Wildman–Crippen LogP) is 2.75. The highest BCUT2D eigenvalue weighted by atomic mass is 35.5. The molecule has 0 saturated carbocycles. The lowest BCUT2D eigenvalue weighted by Crippen LogP contribution is -2.19. The molecule has 0 spiro atoms. The molecule has 1 N–H and O–H groups in total. The van der Waals surface area contributed by atoms with Gasteiger partial charge < -0.3 is 5.32 Å². The van der Waals surface area contributed by atoms with Gasteiger partial charge in [0.25, 0.3) is 0 Å². The lowest BCUT2D eigenvalue weighted by molar-refractivity contribution is 0.706. The summed E-state index contributed by atoms with van der Waals surface area (Å²) < 4.78 is 0. The Kier molecular flexibility index (Phi) is 9.09. The van der Waals surface area contributed by atoms with Gasteiger partial charge in [-0.2, -0.15) is 0 Å². The minimum Gasteiger partial charge on any atom is -0.320 e. The largest absolute Gasteiger partial charge is 0.320 e. The van der Waals surface area contributed by atoms with Gasteiger partial charge in [-0.05, 0) is 20.0 Å². The predicted molar refractivity (Wildman–Crippen MR) is 58.6 cm³/mol. The van der Waals surface area contributed by atoms with Crippen LogP contribution in [0.1, 0.15) is 12.8 Å². The summed E-state index contributed by atoms with van der Waals surface area (Å²) in [7, 11) is 1.29. The Labute approximate surface area is 78.4 Å². The van der Waals surface area contributed by atoms with Crippen molar-refractivity contribution in [2.24, 2.45) is 0 Å². The molecule has 0 aromatic carbocycles. The minimum atomic E-state index is -0.735. The number of nitrogens with one attached hydrogen (secondary N) is 1. The van der Waals surface area contributed by atoms with Crippen LogP contribution in [-0.2, 0) is 0 Å². The van der Waals surface area contributed by atoms with Crippen molar-refractivity contribution in [1.82, 2.24) is 5.32 Å². The Morgan fingerprint density at radius 3 is 2.00 bits per heavy atom. The van der Waals surface area contributed by atoms with E-state index in [4.69, 9.17) is 0 Å². The molecule has 0 bridgehead atoms. The highest BCUT2D eigenvalue weighted by Crippen LogP contribution is 2.11. The molecule has 0 heterocycles. The van der Waals surface area contributed by atoms with E-state index < -0.39 is 8.07 Å². The molecule has 70 valence electrons. The molecule has 0 fully saturated rings. The molecule has 0 aromatic heterocycles. The zero-order valence-corrected chi connectivity index (χ0v) is 10.1. The number of unbranched alkanes of at least 4 members (excludes halogenated alkanes) is 1. The highest BCUT2D eigenvalue weighted by Gasteiger charge is 2.10. The Balaban J connectivity index is 0. The van der Waals surface area contributed by atoms with Gasteiger partial charge in [-0.25, -0.2) is 0 Å². The van der Waals surface area contributed by atoms with Gasteiger partial charge >= 0.3 is 0 Å². The molecular weight excluding hydrogens is 174 g/mol. The molecule has 0 amide bonds. The van der Waals surface area contributed by atoms with Gasteiger partial charge in [0, 0.05) is 8.07 Å². The summed E-state index contributed by atoms with van der Waals surface area (Å²) in [6.07, 6.45) is 2.76. The van der Waals surface area contributed by atoms with Gasteiger partial charge in [-0.15, -0.1) is 12.4 Å². The summed E-state index contributed by atoms with van der Waals surface area (Å²) in [5.41, 5.74) is 0. The molecule has 0 radical (unpaired) electrons. The van der Waals surface area contributed by atoms with E-state index in [2.05, 4.69) is 25.0 Å². The molecule has 0 aliphatic heterocycles. The lowest BCUT2D eigenvalue weighted by Gasteiger charge is -2.14. The fraction of sp³-hybridized carbons (Fsp3) is 1.00. The second kappa shape index (κ2) is 7.13. The van der Waals surface area contributed by atoms with E-state index in [1.807, 2.05) is 7.05 Å². The highest BCUT2D eigenvalue weighted by molar-refractivity contribution is 6.76. The number of hydrogen-bond acceptors (Lipinski definition) is 1. The summed E-state index contributed by atoms with van der Waals surface area (Å²) in [6, 6.07) is 1.48. The van der Waals surface area contributed by atoms with Crippen LogP contribution in [0.3, 0.4) is 0 Å². The van der Waals surface area contributed by atoms with Crippen LogP contribution in [0.4, 0.5) is 0 Å². The number of hydrogen-bond donors (Lipinski definition) is 1. The van der Waals surface area contributed by atoms with Crippen LogP contribution in [0, 0.1) is 0 Å². The van der Waals surface area contributed by atoms with Crippen molar-refractivity contribution in [1.29, 1.82) is 0 Å². The zero-order chi connectivity index (χ0) is 8.04. The summed E-state index contributed by atoms with van der Waals surface area (Å²) in [5.74, 6) is 0. The van der Waals surface area contributed by atoms with Crippen molar-refractivity contribution in [3.05, 3.63) is 0 Å². The fourth-order valence-corrected chi connectivity index (χ4v) is 2.27. The number of rotatable bonds is 5. The van der Waals surface area contributed by atoms with Crippen molar-refractivity contribution in [2.45, 2.75) is 38.5 Å². The maximum Gasteiger partial charge on any atom is 0.0442 e. The van der Waals surface area contributed by atoms with Gasteiger partial charge in [0.1, 0.15) is 0 Å². The Morgan fingerprint density at radius 2 is 1.64 bits per heavy atom. The Bertz CT molecular complexity index is 80.7. The molecule has 3 heteroatoms. The molecule has 0 aliphatic rings. The van der Waals surface area contributed by atoms with E-state index in [0.717, 1.165) is 0 Å². The average molecular weight is 196 g/mol. The smallest absolute Gasteiger partial charge is 0.0442 e. The third-order valence-corrected chi connectivity index (χ3v) is 3.46. The summed E-state index contributed by atoms with van der Waals surface area (Å²) >= 11 is 0.